The molecule has 0 amide bonds. The summed E-state index contributed by atoms with van der Waals surface area (Å²) in [5.41, 5.74) is 0. The average Bonchev–Trinajstić information content (AvgIpc) is 2.14. The molecule has 0 spiro atoms. The van der Waals surface area contributed by atoms with E-state index in [1.54, 1.807) is 6.07 Å². The Balaban J connectivity index is 2.61. The Morgan fingerprint density at radius 3 is 2.67 bits per heavy atom. The number of rotatable bonds is 5. The second-order valence-electron chi connectivity index (χ2n) is 2.84. The Hall–Kier alpha value is -1.65. The highest BCUT2D eigenvalue weighted by atomic mass is 19.3. The highest BCUT2D eigenvalue weighted by Crippen LogP contribution is 2.20. The molecule has 0 saturated heterocycles. The maximum atomic E-state index is 11.8. The molecule has 1 rings (SSSR count). The van der Waals surface area contributed by atoms with Crippen LogP contribution in [-0.2, 0) is 4.79 Å². The second-order valence-corrected chi connectivity index (χ2v) is 2.84. The number of benzene rings is 1. The van der Waals surface area contributed by atoms with Gasteiger partial charge in [0.25, 0.3) is 0 Å². The molecule has 3 nitrogen and oxygen atoms in total. The van der Waals surface area contributed by atoms with Crippen LogP contribution < -0.4 is 9.47 Å². The Morgan fingerprint density at radius 2 is 2.07 bits per heavy atom. The van der Waals surface area contributed by atoms with Gasteiger partial charge in [0.15, 0.2) is 5.78 Å². The van der Waals surface area contributed by atoms with Crippen molar-refractivity contribution < 1.29 is 23.0 Å². The molecule has 0 heterocycles. The molecule has 0 fully saturated rings. The molecule has 0 aromatic heterocycles. The molecule has 0 atom stereocenters. The van der Waals surface area contributed by atoms with E-state index in [0.717, 1.165) is 0 Å². The van der Waals surface area contributed by atoms with Crippen LogP contribution >= 0.6 is 0 Å². The highest BCUT2D eigenvalue weighted by molar-refractivity contribution is 5.77. The SMILES string of the molecule is CC(=O)COc1cccc(OC(F)F)c1. The van der Waals surface area contributed by atoms with Gasteiger partial charge in [0.05, 0.1) is 0 Å². The van der Waals surface area contributed by atoms with Gasteiger partial charge in [0.2, 0.25) is 0 Å². The van der Waals surface area contributed by atoms with E-state index >= 15 is 0 Å². The van der Waals surface area contributed by atoms with Crippen LogP contribution in [0.25, 0.3) is 0 Å². The Labute approximate surface area is 85.6 Å². The van der Waals surface area contributed by atoms with E-state index in [4.69, 9.17) is 4.74 Å². The quantitative estimate of drug-likeness (QED) is 0.757. The summed E-state index contributed by atoms with van der Waals surface area (Å²) in [6, 6.07) is 5.75. The first-order valence-electron chi connectivity index (χ1n) is 4.25. The fourth-order valence-corrected chi connectivity index (χ4v) is 0.925. The van der Waals surface area contributed by atoms with Crippen molar-refractivity contribution in [2.75, 3.05) is 6.61 Å². The maximum absolute atomic E-state index is 11.8. The third-order valence-electron chi connectivity index (χ3n) is 1.47. The Bertz CT molecular complexity index is 339. The molecule has 0 unspecified atom stereocenters. The lowest BCUT2D eigenvalue weighted by Crippen LogP contribution is -2.07. The van der Waals surface area contributed by atoms with Crippen LogP contribution in [0.1, 0.15) is 6.92 Å². The number of Topliss-reactive ketones (excluding diaryl/α,β-unsaturated/α-hetero) is 1. The van der Waals surface area contributed by atoms with Crippen LogP contribution in [0.5, 0.6) is 11.5 Å². The molecular weight excluding hydrogens is 206 g/mol. The minimum Gasteiger partial charge on any atom is -0.486 e. The van der Waals surface area contributed by atoms with Crippen LogP contribution in [-0.4, -0.2) is 19.0 Å². The third kappa shape index (κ3) is 4.39. The van der Waals surface area contributed by atoms with E-state index in [9.17, 15) is 13.6 Å². The molecule has 0 N–H and O–H groups in total. The smallest absolute Gasteiger partial charge is 0.387 e. The van der Waals surface area contributed by atoms with Gasteiger partial charge < -0.3 is 9.47 Å². The van der Waals surface area contributed by atoms with E-state index in [-0.39, 0.29) is 18.1 Å². The molecule has 0 aliphatic rings. The van der Waals surface area contributed by atoms with E-state index in [0.29, 0.717) is 5.75 Å². The van der Waals surface area contributed by atoms with Crippen LogP contribution in [0.4, 0.5) is 8.78 Å². The van der Waals surface area contributed by atoms with E-state index in [2.05, 4.69) is 4.74 Å². The minimum atomic E-state index is -2.87. The van der Waals surface area contributed by atoms with Gasteiger partial charge in [-0.15, -0.1) is 0 Å². The van der Waals surface area contributed by atoms with Gasteiger partial charge in [-0.25, -0.2) is 0 Å². The second kappa shape index (κ2) is 5.29. The topological polar surface area (TPSA) is 35.5 Å². The number of ketones is 1. The summed E-state index contributed by atoms with van der Waals surface area (Å²) in [5.74, 6) is 0.185. The normalized spacial score (nSPS) is 10.1. The zero-order valence-corrected chi connectivity index (χ0v) is 8.07. The standard InChI is InChI=1S/C10H10F2O3/c1-7(13)6-14-8-3-2-4-9(5-8)15-10(11)12/h2-5,10H,6H2,1H3. The Morgan fingerprint density at radius 1 is 1.40 bits per heavy atom. The van der Waals surface area contributed by atoms with E-state index < -0.39 is 6.61 Å². The van der Waals surface area contributed by atoms with Crippen LogP contribution in [0.3, 0.4) is 0 Å². The minimum absolute atomic E-state index is 0.00560. The molecule has 5 heteroatoms. The highest BCUT2D eigenvalue weighted by Gasteiger charge is 2.05. The number of halogens is 2. The van der Waals surface area contributed by atoms with Gasteiger partial charge in [-0.2, -0.15) is 8.78 Å². The van der Waals surface area contributed by atoms with Crippen molar-refractivity contribution in [2.24, 2.45) is 0 Å². The molecule has 0 bridgehead atoms. The van der Waals surface area contributed by atoms with E-state index in [1.807, 2.05) is 0 Å². The summed E-state index contributed by atoms with van der Waals surface area (Å²) >= 11 is 0. The number of ether oxygens (including phenoxy) is 2. The lowest BCUT2D eigenvalue weighted by atomic mass is 10.3. The van der Waals surface area contributed by atoms with Gasteiger partial charge in [-0.05, 0) is 19.1 Å². The van der Waals surface area contributed by atoms with Gasteiger partial charge in [-0.3, -0.25) is 4.79 Å². The van der Waals surface area contributed by atoms with Crippen LogP contribution in [0, 0.1) is 0 Å². The summed E-state index contributed by atoms with van der Waals surface area (Å²) in [7, 11) is 0. The lowest BCUT2D eigenvalue weighted by molar-refractivity contribution is -0.118. The molecule has 1 aromatic rings. The first-order valence-corrected chi connectivity index (χ1v) is 4.25. The number of hydrogen-bond donors (Lipinski definition) is 0. The summed E-state index contributed by atoms with van der Waals surface area (Å²) in [6.07, 6.45) is 0. The fraction of sp³-hybridized carbons (Fsp3) is 0.300. The summed E-state index contributed by atoms with van der Waals surface area (Å²) in [5, 5.41) is 0. The summed E-state index contributed by atoms with van der Waals surface area (Å²) in [6.45, 7) is -1.58. The number of carbonyl (C=O) groups is 1. The zero-order chi connectivity index (χ0) is 11.3. The van der Waals surface area contributed by atoms with Crippen molar-refractivity contribution in [3.8, 4) is 11.5 Å². The largest absolute Gasteiger partial charge is 0.486 e. The van der Waals surface area contributed by atoms with Crippen molar-refractivity contribution in [2.45, 2.75) is 13.5 Å². The predicted octanol–water partition coefficient (Wildman–Crippen LogP) is 2.26. The number of alkyl halides is 2. The average molecular weight is 216 g/mol. The molecule has 0 aliphatic carbocycles. The fourth-order valence-electron chi connectivity index (χ4n) is 0.925. The van der Waals surface area contributed by atoms with Crippen LogP contribution in [0.2, 0.25) is 0 Å². The molecule has 0 aliphatic heterocycles. The summed E-state index contributed by atoms with van der Waals surface area (Å²) < 4.78 is 32.9. The monoisotopic (exact) mass is 216 g/mol. The van der Waals surface area contributed by atoms with Gasteiger partial charge >= 0.3 is 6.61 Å². The molecule has 82 valence electrons. The van der Waals surface area contributed by atoms with E-state index in [1.165, 1.54) is 25.1 Å². The molecule has 15 heavy (non-hydrogen) atoms. The Kier molecular flexibility index (Phi) is 4.03. The van der Waals surface area contributed by atoms with Crippen molar-refractivity contribution >= 4 is 5.78 Å². The maximum Gasteiger partial charge on any atom is 0.387 e. The zero-order valence-electron chi connectivity index (χ0n) is 8.07. The van der Waals surface area contributed by atoms with Crippen molar-refractivity contribution in [1.82, 2.24) is 0 Å². The third-order valence-corrected chi connectivity index (χ3v) is 1.47. The number of hydrogen-bond acceptors (Lipinski definition) is 3. The molecule has 1 aromatic carbocycles. The molecule has 0 saturated carbocycles. The number of carbonyl (C=O) groups excluding carboxylic acids is 1. The lowest BCUT2D eigenvalue weighted by Gasteiger charge is -2.07. The summed E-state index contributed by atoms with van der Waals surface area (Å²) in [4.78, 5) is 10.6. The van der Waals surface area contributed by atoms with Gasteiger partial charge in [0.1, 0.15) is 18.1 Å². The van der Waals surface area contributed by atoms with Gasteiger partial charge in [0, 0.05) is 6.07 Å². The molecule has 0 radical (unpaired) electrons. The van der Waals surface area contributed by atoms with Crippen LogP contribution in [0.15, 0.2) is 24.3 Å². The molecular formula is C10H10F2O3. The predicted molar refractivity (Wildman–Crippen MR) is 49.3 cm³/mol. The first-order chi connectivity index (χ1) is 7.08. The van der Waals surface area contributed by atoms with Gasteiger partial charge in [-0.1, -0.05) is 6.07 Å². The van der Waals surface area contributed by atoms with Crippen molar-refractivity contribution in [3.63, 3.8) is 0 Å². The first kappa shape index (κ1) is 11.4. The van der Waals surface area contributed by atoms with Crippen molar-refractivity contribution in [1.29, 1.82) is 0 Å². The van der Waals surface area contributed by atoms with Crippen molar-refractivity contribution in [3.05, 3.63) is 24.3 Å².